The third-order valence-corrected chi connectivity index (χ3v) is 2.76. The predicted octanol–water partition coefficient (Wildman–Crippen LogP) is 2.09. The molecule has 0 fully saturated rings. The monoisotopic (exact) mass is 307 g/mol. The Hall–Kier alpha value is -1.95. The molecule has 0 unspecified atom stereocenters. The Morgan fingerprint density at radius 1 is 1.44 bits per heavy atom. The number of rotatable bonds is 2. The maximum absolute atomic E-state index is 11.9. The summed E-state index contributed by atoms with van der Waals surface area (Å²) in [6.07, 6.45) is 2.95. The van der Waals surface area contributed by atoms with E-state index >= 15 is 0 Å². The number of hydrogen-bond donors (Lipinski definition) is 2. The van der Waals surface area contributed by atoms with Gasteiger partial charge in [-0.2, -0.15) is 0 Å². The van der Waals surface area contributed by atoms with Crippen LogP contribution in [0.2, 0.25) is 0 Å². The third kappa shape index (κ3) is 2.84. The van der Waals surface area contributed by atoms with Crippen LogP contribution in [0.3, 0.4) is 0 Å². The largest absolute Gasteiger partial charge is 0.364 e. The first-order chi connectivity index (χ1) is 8.56. The summed E-state index contributed by atoms with van der Waals surface area (Å²) in [6.45, 7) is 1.75. The van der Waals surface area contributed by atoms with Gasteiger partial charge in [0.05, 0.1) is 0 Å². The van der Waals surface area contributed by atoms with Gasteiger partial charge in [-0.15, -0.1) is 0 Å². The lowest BCUT2D eigenvalue weighted by molar-refractivity contribution is 0.102. The molecule has 2 aromatic heterocycles. The minimum absolute atomic E-state index is 0.0578. The fraction of sp³-hybridized carbons (Fsp3) is 0.0833. The normalized spacial score (nSPS) is 10.1. The second kappa shape index (κ2) is 5.14. The van der Waals surface area contributed by atoms with E-state index in [0.29, 0.717) is 11.5 Å². The number of carbonyl (C=O) groups is 1. The van der Waals surface area contributed by atoms with Crippen molar-refractivity contribution in [1.82, 2.24) is 9.97 Å². The molecule has 0 radical (unpaired) electrons. The van der Waals surface area contributed by atoms with Crippen LogP contribution >= 0.6 is 15.9 Å². The smallest absolute Gasteiger partial charge is 0.262 e. The third-order valence-electron chi connectivity index (χ3n) is 2.27. The number of halogens is 1. The zero-order valence-corrected chi connectivity index (χ0v) is 11.1. The van der Waals surface area contributed by atoms with Gasteiger partial charge in [0, 0.05) is 28.6 Å². The van der Waals surface area contributed by atoms with Crippen molar-refractivity contribution in [3.8, 4) is 0 Å². The maximum Gasteiger partial charge on any atom is 0.262 e. The molecule has 0 aromatic carbocycles. The van der Waals surface area contributed by atoms with Gasteiger partial charge in [-0.25, -0.2) is 4.98 Å². The highest BCUT2D eigenvalue weighted by atomic mass is 79.9. The summed E-state index contributed by atoms with van der Waals surface area (Å²) in [6, 6.07) is 4.78. The van der Waals surface area contributed by atoms with Crippen molar-refractivity contribution in [2.75, 3.05) is 5.32 Å². The first kappa shape index (κ1) is 12.5. The molecule has 0 aliphatic rings. The Labute approximate surface area is 111 Å². The Morgan fingerprint density at radius 2 is 2.22 bits per heavy atom. The average Bonchev–Trinajstić information content (AvgIpc) is 2.28. The molecule has 6 heteroatoms. The van der Waals surface area contributed by atoms with E-state index in [4.69, 9.17) is 0 Å². The summed E-state index contributed by atoms with van der Waals surface area (Å²) in [5, 5.41) is 2.56. The van der Waals surface area contributed by atoms with E-state index < -0.39 is 5.91 Å². The molecule has 0 spiro atoms. The Balaban J connectivity index is 2.25. The van der Waals surface area contributed by atoms with Gasteiger partial charge < -0.3 is 10.3 Å². The molecule has 5 nitrogen and oxygen atoms in total. The van der Waals surface area contributed by atoms with E-state index in [1.54, 1.807) is 25.3 Å². The summed E-state index contributed by atoms with van der Waals surface area (Å²) >= 11 is 3.27. The summed E-state index contributed by atoms with van der Waals surface area (Å²) in [4.78, 5) is 30.3. The zero-order valence-electron chi connectivity index (χ0n) is 9.53. The molecule has 0 aliphatic heterocycles. The molecular formula is C12H10BrN3O2. The number of aromatic nitrogens is 2. The molecule has 2 heterocycles. The van der Waals surface area contributed by atoms with Crippen molar-refractivity contribution >= 4 is 27.7 Å². The highest BCUT2D eigenvalue weighted by molar-refractivity contribution is 9.10. The molecule has 2 rings (SSSR count). The lowest BCUT2D eigenvalue weighted by Gasteiger charge is -2.04. The van der Waals surface area contributed by atoms with Crippen LogP contribution in [0.25, 0.3) is 0 Å². The van der Waals surface area contributed by atoms with Gasteiger partial charge in [-0.3, -0.25) is 9.59 Å². The summed E-state index contributed by atoms with van der Waals surface area (Å²) in [5.74, 6) is -0.101. The van der Waals surface area contributed by atoms with E-state index in [-0.39, 0.29) is 11.0 Å². The average molecular weight is 308 g/mol. The number of anilines is 1. The van der Waals surface area contributed by atoms with E-state index in [1.165, 1.54) is 12.3 Å². The molecule has 18 heavy (non-hydrogen) atoms. The Kier molecular flexibility index (Phi) is 3.57. The van der Waals surface area contributed by atoms with E-state index in [1.807, 2.05) is 0 Å². The Bertz CT molecular complexity index is 652. The molecule has 0 saturated heterocycles. The second-order valence-corrected chi connectivity index (χ2v) is 4.62. The van der Waals surface area contributed by atoms with Crippen molar-refractivity contribution in [2.24, 2.45) is 0 Å². The highest BCUT2D eigenvalue weighted by Gasteiger charge is 2.11. The molecular weight excluding hydrogens is 298 g/mol. The SMILES string of the molecule is Cc1cc(=O)c(C(=O)Nc2cc(Br)ccn2)c[nH]1. The van der Waals surface area contributed by atoms with Gasteiger partial charge in [0.25, 0.3) is 5.91 Å². The van der Waals surface area contributed by atoms with Crippen LogP contribution in [-0.2, 0) is 0 Å². The molecule has 92 valence electrons. The molecule has 0 bridgehead atoms. The summed E-state index contributed by atoms with van der Waals surface area (Å²) in [5.41, 5.74) is 0.443. The van der Waals surface area contributed by atoms with Crippen molar-refractivity contribution in [3.63, 3.8) is 0 Å². The molecule has 0 saturated carbocycles. The maximum atomic E-state index is 11.9. The standard InChI is InChI=1S/C12H10BrN3O2/c1-7-4-10(17)9(6-15-7)12(18)16-11-5-8(13)2-3-14-11/h2-6H,1H3,(H,15,17)(H,14,16,18). The van der Waals surface area contributed by atoms with Gasteiger partial charge in [-0.05, 0) is 19.1 Å². The molecule has 1 amide bonds. The van der Waals surface area contributed by atoms with Gasteiger partial charge in [0.15, 0.2) is 5.43 Å². The van der Waals surface area contributed by atoms with Gasteiger partial charge in [-0.1, -0.05) is 15.9 Å². The number of aryl methyl sites for hydroxylation is 1. The lowest BCUT2D eigenvalue weighted by Crippen LogP contribution is -2.21. The fourth-order valence-corrected chi connectivity index (χ4v) is 1.74. The van der Waals surface area contributed by atoms with Gasteiger partial charge in [0.1, 0.15) is 11.4 Å². The first-order valence-corrected chi connectivity index (χ1v) is 5.98. The van der Waals surface area contributed by atoms with Crippen LogP contribution in [0, 0.1) is 6.92 Å². The molecule has 2 aromatic rings. The second-order valence-electron chi connectivity index (χ2n) is 3.71. The topological polar surface area (TPSA) is 74.8 Å². The molecule has 0 atom stereocenters. The van der Waals surface area contributed by atoms with Crippen LogP contribution in [-0.4, -0.2) is 15.9 Å². The lowest BCUT2D eigenvalue weighted by atomic mass is 10.2. The quantitative estimate of drug-likeness (QED) is 0.892. The van der Waals surface area contributed by atoms with Crippen molar-refractivity contribution in [2.45, 2.75) is 6.92 Å². The van der Waals surface area contributed by atoms with Crippen LogP contribution < -0.4 is 10.7 Å². The number of amides is 1. The number of nitrogens with one attached hydrogen (secondary N) is 2. The first-order valence-electron chi connectivity index (χ1n) is 5.18. The molecule has 2 N–H and O–H groups in total. The number of H-pyrrole nitrogens is 1. The number of aromatic amines is 1. The van der Waals surface area contributed by atoms with Crippen molar-refractivity contribution in [1.29, 1.82) is 0 Å². The Morgan fingerprint density at radius 3 is 2.89 bits per heavy atom. The number of nitrogens with zero attached hydrogens (tertiary/aromatic N) is 1. The molecule has 0 aliphatic carbocycles. The van der Waals surface area contributed by atoms with E-state index in [0.717, 1.165) is 4.47 Å². The number of hydrogen-bond acceptors (Lipinski definition) is 3. The minimum Gasteiger partial charge on any atom is -0.364 e. The van der Waals surface area contributed by atoms with E-state index in [9.17, 15) is 9.59 Å². The fourth-order valence-electron chi connectivity index (χ4n) is 1.41. The minimum atomic E-state index is -0.484. The highest BCUT2D eigenvalue weighted by Crippen LogP contribution is 2.13. The van der Waals surface area contributed by atoms with Crippen LogP contribution in [0.1, 0.15) is 16.1 Å². The van der Waals surface area contributed by atoms with Gasteiger partial charge >= 0.3 is 0 Å². The van der Waals surface area contributed by atoms with Crippen molar-refractivity contribution < 1.29 is 4.79 Å². The van der Waals surface area contributed by atoms with E-state index in [2.05, 4.69) is 31.2 Å². The summed E-state index contributed by atoms with van der Waals surface area (Å²) < 4.78 is 0.797. The van der Waals surface area contributed by atoms with Crippen LogP contribution in [0.15, 0.2) is 39.9 Å². The number of carbonyl (C=O) groups excluding carboxylic acids is 1. The van der Waals surface area contributed by atoms with Crippen LogP contribution in [0.5, 0.6) is 0 Å². The zero-order chi connectivity index (χ0) is 13.1. The van der Waals surface area contributed by atoms with Gasteiger partial charge in [0.2, 0.25) is 0 Å². The van der Waals surface area contributed by atoms with Crippen molar-refractivity contribution in [3.05, 3.63) is 56.5 Å². The predicted molar refractivity (Wildman–Crippen MR) is 71.7 cm³/mol. The summed E-state index contributed by atoms with van der Waals surface area (Å²) in [7, 11) is 0. The van der Waals surface area contributed by atoms with Crippen LogP contribution in [0.4, 0.5) is 5.82 Å². The number of pyridine rings is 2.